The van der Waals surface area contributed by atoms with Crippen LogP contribution in [0.5, 0.6) is 5.75 Å². The SMILES string of the molecule is COc1cc(C)c(N)cc1S(=O)(=O)N1CCSCC1. The molecule has 1 saturated heterocycles. The van der Waals surface area contributed by atoms with Crippen LogP contribution in [-0.4, -0.2) is 44.4 Å². The van der Waals surface area contributed by atoms with Crippen molar-refractivity contribution in [1.82, 2.24) is 4.31 Å². The predicted octanol–water partition coefficient (Wildman–Crippen LogP) is 1.32. The summed E-state index contributed by atoms with van der Waals surface area (Å²) in [6.45, 7) is 2.89. The average Bonchev–Trinajstić information content (AvgIpc) is 2.42. The zero-order valence-electron chi connectivity index (χ0n) is 11.0. The van der Waals surface area contributed by atoms with Gasteiger partial charge in [-0.2, -0.15) is 16.1 Å². The molecule has 0 bridgehead atoms. The Morgan fingerprint density at radius 1 is 1.32 bits per heavy atom. The number of methoxy groups -OCH3 is 1. The highest BCUT2D eigenvalue weighted by molar-refractivity contribution is 7.99. The number of nitrogen functional groups attached to an aromatic ring is 1. The Morgan fingerprint density at radius 3 is 2.53 bits per heavy atom. The van der Waals surface area contributed by atoms with Crippen LogP contribution in [0.2, 0.25) is 0 Å². The molecule has 0 saturated carbocycles. The molecule has 1 aromatic rings. The van der Waals surface area contributed by atoms with Crippen LogP contribution in [0.3, 0.4) is 0 Å². The van der Waals surface area contributed by atoms with Crippen molar-refractivity contribution >= 4 is 27.5 Å². The summed E-state index contributed by atoms with van der Waals surface area (Å²) >= 11 is 1.76. The number of ether oxygens (including phenoxy) is 1. The zero-order valence-corrected chi connectivity index (χ0v) is 12.7. The smallest absolute Gasteiger partial charge is 0.246 e. The van der Waals surface area contributed by atoms with Crippen molar-refractivity contribution in [2.24, 2.45) is 0 Å². The number of aryl methyl sites for hydroxylation is 1. The van der Waals surface area contributed by atoms with E-state index in [2.05, 4.69) is 0 Å². The minimum atomic E-state index is -3.53. The lowest BCUT2D eigenvalue weighted by Gasteiger charge is -2.26. The molecule has 1 aromatic carbocycles. The number of hydrogen-bond donors (Lipinski definition) is 1. The molecule has 2 N–H and O–H groups in total. The van der Waals surface area contributed by atoms with Gasteiger partial charge in [0.1, 0.15) is 10.6 Å². The Morgan fingerprint density at radius 2 is 1.95 bits per heavy atom. The van der Waals surface area contributed by atoms with E-state index in [1.54, 1.807) is 17.8 Å². The Bertz CT molecular complexity index is 567. The summed E-state index contributed by atoms with van der Waals surface area (Å²) < 4.78 is 31.9. The summed E-state index contributed by atoms with van der Waals surface area (Å²) in [6, 6.07) is 3.16. The average molecular weight is 302 g/mol. The molecule has 2 rings (SSSR count). The molecule has 106 valence electrons. The van der Waals surface area contributed by atoms with Crippen molar-refractivity contribution in [3.05, 3.63) is 17.7 Å². The van der Waals surface area contributed by atoms with Crippen molar-refractivity contribution in [3.8, 4) is 5.75 Å². The summed E-state index contributed by atoms with van der Waals surface area (Å²) in [5.41, 5.74) is 7.10. The first-order valence-electron chi connectivity index (χ1n) is 5.99. The van der Waals surface area contributed by atoms with Crippen LogP contribution in [0.1, 0.15) is 5.56 Å². The second-order valence-corrected chi connectivity index (χ2v) is 7.51. The Balaban J connectivity index is 2.47. The van der Waals surface area contributed by atoms with E-state index in [1.807, 2.05) is 6.92 Å². The van der Waals surface area contributed by atoms with Gasteiger partial charge in [0.05, 0.1) is 7.11 Å². The van der Waals surface area contributed by atoms with Crippen LogP contribution < -0.4 is 10.5 Å². The van der Waals surface area contributed by atoms with Gasteiger partial charge in [-0.15, -0.1) is 0 Å². The largest absolute Gasteiger partial charge is 0.495 e. The molecule has 5 nitrogen and oxygen atoms in total. The number of thioether (sulfide) groups is 1. The van der Waals surface area contributed by atoms with Crippen LogP contribution >= 0.6 is 11.8 Å². The fraction of sp³-hybridized carbons (Fsp3) is 0.500. The molecule has 0 radical (unpaired) electrons. The molecule has 0 spiro atoms. The minimum Gasteiger partial charge on any atom is -0.495 e. The lowest BCUT2D eigenvalue weighted by molar-refractivity contribution is 0.395. The van der Waals surface area contributed by atoms with Crippen LogP contribution in [0.25, 0.3) is 0 Å². The van der Waals surface area contributed by atoms with Crippen LogP contribution in [0.15, 0.2) is 17.0 Å². The molecule has 0 aliphatic carbocycles. The second-order valence-electron chi connectivity index (χ2n) is 4.38. The van der Waals surface area contributed by atoms with Gasteiger partial charge in [-0.3, -0.25) is 0 Å². The number of rotatable bonds is 3. The number of benzene rings is 1. The summed E-state index contributed by atoms with van der Waals surface area (Å²) in [7, 11) is -2.06. The van der Waals surface area contributed by atoms with E-state index in [1.165, 1.54) is 17.5 Å². The molecule has 1 heterocycles. The quantitative estimate of drug-likeness (QED) is 0.853. The summed E-state index contributed by atoms with van der Waals surface area (Å²) in [6.07, 6.45) is 0. The van der Waals surface area contributed by atoms with E-state index >= 15 is 0 Å². The molecular weight excluding hydrogens is 284 g/mol. The van der Waals surface area contributed by atoms with Crippen molar-refractivity contribution in [2.75, 3.05) is 37.4 Å². The third kappa shape index (κ3) is 2.82. The molecule has 7 heteroatoms. The predicted molar refractivity (Wildman–Crippen MR) is 78.2 cm³/mol. The van der Waals surface area contributed by atoms with Gasteiger partial charge in [0.15, 0.2) is 0 Å². The molecule has 0 unspecified atom stereocenters. The van der Waals surface area contributed by atoms with E-state index in [-0.39, 0.29) is 4.90 Å². The Labute approximate surface area is 118 Å². The molecule has 0 aromatic heterocycles. The monoisotopic (exact) mass is 302 g/mol. The van der Waals surface area contributed by atoms with E-state index < -0.39 is 10.0 Å². The van der Waals surface area contributed by atoms with Crippen LogP contribution in [-0.2, 0) is 10.0 Å². The van der Waals surface area contributed by atoms with Gasteiger partial charge in [0.2, 0.25) is 10.0 Å². The van der Waals surface area contributed by atoms with Gasteiger partial charge < -0.3 is 10.5 Å². The second kappa shape index (κ2) is 5.60. The standard InChI is InChI=1S/C12H18N2O3S2/c1-9-7-11(17-2)12(8-10(9)13)19(15,16)14-3-5-18-6-4-14/h7-8H,3-6,13H2,1-2H3. The maximum atomic E-state index is 12.6. The topological polar surface area (TPSA) is 72.6 Å². The van der Waals surface area contributed by atoms with E-state index in [9.17, 15) is 8.42 Å². The van der Waals surface area contributed by atoms with Gasteiger partial charge >= 0.3 is 0 Å². The van der Waals surface area contributed by atoms with Crippen molar-refractivity contribution in [2.45, 2.75) is 11.8 Å². The van der Waals surface area contributed by atoms with Gasteiger partial charge in [0, 0.05) is 30.3 Å². The van der Waals surface area contributed by atoms with E-state index in [4.69, 9.17) is 10.5 Å². The Kier molecular flexibility index (Phi) is 4.27. The molecule has 1 fully saturated rings. The fourth-order valence-corrected chi connectivity index (χ4v) is 4.71. The fourth-order valence-electron chi connectivity index (χ4n) is 1.96. The van der Waals surface area contributed by atoms with Crippen molar-refractivity contribution in [1.29, 1.82) is 0 Å². The number of nitrogens with two attached hydrogens (primary N) is 1. The summed E-state index contributed by atoms with van der Waals surface area (Å²) in [5, 5.41) is 0. The number of hydrogen-bond acceptors (Lipinski definition) is 5. The van der Waals surface area contributed by atoms with Crippen LogP contribution in [0, 0.1) is 6.92 Å². The molecule has 0 amide bonds. The highest BCUT2D eigenvalue weighted by Gasteiger charge is 2.29. The molecule has 19 heavy (non-hydrogen) atoms. The number of sulfonamides is 1. The molecule has 1 aliphatic heterocycles. The van der Waals surface area contributed by atoms with Gasteiger partial charge in [-0.05, 0) is 24.6 Å². The first-order chi connectivity index (χ1) is 8.96. The minimum absolute atomic E-state index is 0.157. The zero-order chi connectivity index (χ0) is 14.0. The summed E-state index contributed by atoms with van der Waals surface area (Å²) in [5.74, 6) is 2.00. The number of nitrogens with zero attached hydrogens (tertiary/aromatic N) is 1. The number of anilines is 1. The van der Waals surface area contributed by atoms with Gasteiger partial charge in [-0.1, -0.05) is 0 Å². The Hall–Kier alpha value is -0.920. The molecule has 1 aliphatic rings. The van der Waals surface area contributed by atoms with E-state index in [0.717, 1.165) is 17.1 Å². The first kappa shape index (κ1) is 14.5. The van der Waals surface area contributed by atoms with Crippen molar-refractivity contribution in [3.63, 3.8) is 0 Å². The molecule has 0 atom stereocenters. The lowest BCUT2D eigenvalue weighted by Crippen LogP contribution is -2.38. The van der Waals surface area contributed by atoms with Gasteiger partial charge in [0.25, 0.3) is 0 Å². The third-order valence-electron chi connectivity index (χ3n) is 3.14. The van der Waals surface area contributed by atoms with E-state index in [0.29, 0.717) is 24.5 Å². The lowest BCUT2D eigenvalue weighted by atomic mass is 10.2. The summed E-state index contributed by atoms with van der Waals surface area (Å²) in [4.78, 5) is 0.157. The van der Waals surface area contributed by atoms with Crippen molar-refractivity contribution < 1.29 is 13.2 Å². The maximum Gasteiger partial charge on any atom is 0.246 e. The molecular formula is C12H18N2O3S2. The van der Waals surface area contributed by atoms with Gasteiger partial charge in [-0.25, -0.2) is 8.42 Å². The highest BCUT2D eigenvalue weighted by atomic mass is 32.2. The first-order valence-corrected chi connectivity index (χ1v) is 8.58. The maximum absolute atomic E-state index is 12.6. The van der Waals surface area contributed by atoms with Crippen LogP contribution in [0.4, 0.5) is 5.69 Å². The third-order valence-corrected chi connectivity index (χ3v) is 6.00. The highest BCUT2D eigenvalue weighted by Crippen LogP contribution is 2.31. The normalized spacial score (nSPS) is 17.4.